The fourth-order valence-electron chi connectivity index (χ4n) is 0.198. The first-order valence-electron chi connectivity index (χ1n) is 2.29. The van der Waals surface area contributed by atoms with Gasteiger partial charge in [0.1, 0.15) is 0 Å². The third kappa shape index (κ3) is 5.03. The molecule has 0 spiro atoms. The SMILES string of the molecule is CCNN[NH+]=CN=O. The van der Waals surface area contributed by atoms with Crippen molar-refractivity contribution < 1.29 is 5.10 Å². The zero-order valence-corrected chi connectivity index (χ0v) is 4.64. The fraction of sp³-hybridized carbons (Fsp3) is 0.667. The smallest absolute Gasteiger partial charge is 0.206 e. The Morgan fingerprint density at radius 1 is 1.88 bits per heavy atom. The summed E-state index contributed by atoms with van der Waals surface area (Å²) in [5, 5.41) is 4.79. The van der Waals surface area contributed by atoms with Gasteiger partial charge in [0, 0.05) is 6.54 Å². The second kappa shape index (κ2) is 6.03. The Morgan fingerprint density at radius 3 is 3.12 bits per heavy atom. The Bertz CT molecular complexity index is 81.4. The molecule has 0 aromatic carbocycles. The van der Waals surface area contributed by atoms with Crippen LogP contribution >= 0.6 is 0 Å². The van der Waals surface area contributed by atoms with Crippen molar-refractivity contribution in [3.05, 3.63) is 4.91 Å². The average Bonchev–Trinajstić information content (AvgIpc) is 1.81. The van der Waals surface area contributed by atoms with Crippen molar-refractivity contribution in [2.24, 2.45) is 5.18 Å². The molecule has 0 fully saturated rings. The minimum Gasteiger partial charge on any atom is -0.206 e. The van der Waals surface area contributed by atoms with Crippen molar-refractivity contribution in [3.63, 3.8) is 0 Å². The van der Waals surface area contributed by atoms with Gasteiger partial charge in [0.15, 0.2) is 0 Å². The summed E-state index contributed by atoms with van der Waals surface area (Å²) in [7, 11) is 0. The molecule has 46 valence electrons. The number of nitrogens with zero attached hydrogens (tertiary/aromatic N) is 1. The van der Waals surface area contributed by atoms with Gasteiger partial charge in [-0.2, -0.15) is 10.6 Å². The van der Waals surface area contributed by atoms with E-state index in [0.717, 1.165) is 12.9 Å². The van der Waals surface area contributed by atoms with Crippen molar-refractivity contribution in [1.82, 2.24) is 11.0 Å². The van der Waals surface area contributed by atoms with Crippen LogP contribution in [0.4, 0.5) is 0 Å². The molecule has 3 N–H and O–H groups in total. The molecule has 0 aliphatic rings. The van der Waals surface area contributed by atoms with E-state index in [0.29, 0.717) is 0 Å². The molecular weight excluding hydrogens is 108 g/mol. The van der Waals surface area contributed by atoms with Crippen LogP contribution in [0.3, 0.4) is 0 Å². The maximum absolute atomic E-state index is 9.33. The van der Waals surface area contributed by atoms with Gasteiger partial charge in [-0.1, -0.05) is 6.92 Å². The first-order valence-corrected chi connectivity index (χ1v) is 2.29. The largest absolute Gasteiger partial charge is 0.355 e. The summed E-state index contributed by atoms with van der Waals surface area (Å²) in [6.07, 6.45) is 1.00. The molecule has 5 heteroatoms. The number of hydrogen-bond donors (Lipinski definition) is 3. The topological polar surface area (TPSA) is 67.5 Å². The minimum absolute atomic E-state index is 0.777. The summed E-state index contributed by atoms with van der Waals surface area (Å²) < 4.78 is 0. The normalized spacial score (nSPS) is 9.62. The lowest BCUT2D eigenvalue weighted by Crippen LogP contribution is -2.83. The van der Waals surface area contributed by atoms with Crippen LogP contribution in [0.2, 0.25) is 0 Å². The fourth-order valence-corrected chi connectivity index (χ4v) is 0.198. The molecule has 5 nitrogen and oxygen atoms in total. The molecule has 0 heterocycles. The molecule has 0 unspecified atom stereocenters. The molecule has 0 aromatic heterocycles. The highest BCUT2D eigenvalue weighted by Crippen LogP contribution is 1.35. The van der Waals surface area contributed by atoms with E-state index in [9.17, 15) is 4.91 Å². The lowest BCUT2D eigenvalue weighted by atomic mass is 10.8. The van der Waals surface area contributed by atoms with E-state index < -0.39 is 0 Å². The van der Waals surface area contributed by atoms with Gasteiger partial charge in [-0.15, -0.1) is 0 Å². The molecule has 0 saturated carbocycles. The molecule has 8 heavy (non-hydrogen) atoms. The molecule has 0 radical (unpaired) electrons. The van der Waals surface area contributed by atoms with Gasteiger partial charge >= 0.3 is 6.34 Å². The second-order valence-corrected chi connectivity index (χ2v) is 1.03. The Hall–Kier alpha value is -0.970. The van der Waals surface area contributed by atoms with E-state index in [1.165, 1.54) is 0 Å². The molecule has 0 aromatic rings. The first kappa shape index (κ1) is 7.03. The summed E-state index contributed by atoms with van der Waals surface area (Å²) in [4.78, 5) is 9.33. The van der Waals surface area contributed by atoms with Gasteiger partial charge in [0.2, 0.25) is 5.18 Å². The van der Waals surface area contributed by atoms with Gasteiger partial charge in [0.05, 0.1) is 0 Å². The van der Waals surface area contributed by atoms with Crippen LogP contribution in [0, 0.1) is 4.91 Å². The molecule has 0 amide bonds. The van der Waals surface area contributed by atoms with Gasteiger partial charge in [0.25, 0.3) is 0 Å². The third-order valence-electron chi connectivity index (χ3n) is 0.455. The summed E-state index contributed by atoms with van der Waals surface area (Å²) >= 11 is 0. The predicted octanol–water partition coefficient (Wildman–Crippen LogP) is -2.11. The second-order valence-electron chi connectivity index (χ2n) is 1.03. The number of hydrazine groups is 2. The maximum Gasteiger partial charge on any atom is 0.355 e. The van der Waals surface area contributed by atoms with Crippen LogP contribution < -0.4 is 16.1 Å². The Kier molecular flexibility index (Phi) is 5.30. The van der Waals surface area contributed by atoms with Crippen molar-refractivity contribution in [2.45, 2.75) is 6.92 Å². The maximum atomic E-state index is 9.33. The summed E-state index contributed by atoms with van der Waals surface area (Å²) in [5.41, 5.74) is 5.18. The van der Waals surface area contributed by atoms with Crippen molar-refractivity contribution in [1.29, 1.82) is 0 Å². The Balaban J connectivity index is 2.91. The molecular formula is C3H9N4O+. The summed E-state index contributed by atoms with van der Waals surface area (Å²) in [6, 6.07) is 0. The molecule has 0 saturated heterocycles. The van der Waals surface area contributed by atoms with Gasteiger partial charge < -0.3 is 0 Å². The Labute approximate surface area is 47.1 Å². The lowest BCUT2D eigenvalue weighted by Gasteiger charge is -1.91. The minimum atomic E-state index is 0.777. The molecule has 0 aliphatic heterocycles. The zero-order valence-electron chi connectivity index (χ0n) is 4.64. The number of hydrazone groups is 1. The van der Waals surface area contributed by atoms with Crippen molar-refractivity contribution >= 4 is 6.34 Å². The monoisotopic (exact) mass is 117 g/mol. The molecule has 0 bridgehead atoms. The quantitative estimate of drug-likeness (QED) is 0.130. The number of rotatable bonds is 4. The van der Waals surface area contributed by atoms with Crippen LogP contribution in [0.5, 0.6) is 0 Å². The van der Waals surface area contributed by atoms with Crippen LogP contribution in [-0.2, 0) is 0 Å². The van der Waals surface area contributed by atoms with Crippen LogP contribution in [0.1, 0.15) is 6.92 Å². The Morgan fingerprint density at radius 2 is 2.62 bits per heavy atom. The lowest BCUT2D eigenvalue weighted by molar-refractivity contribution is -0.534. The predicted molar refractivity (Wildman–Crippen MR) is 29.6 cm³/mol. The van der Waals surface area contributed by atoms with E-state index >= 15 is 0 Å². The van der Waals surface area contributed by atoms with Gasteiger partial charge in [-0.3, -0.25) is 0 Å². The number of nitroso groups, excluding NO2 is 1. The average molecular weight is 117 g/mol. The first-order chi connectivity index (χ1) is 3.91. The zero-order chi connectivity index (χ0) is 6.24. The van der Waals surface area contributed by atoms with Crippen molar-refractivity contribution in [3.8, 4) is 0 Å². The van der Waals surface area contributed by atoms with E-state index in [2.05, 4.69) is 21.2 Å². The molecule has 0 rings (SSSR count). The highest BCUT2D eigenvalue weighted by Gasteiger charge is 1.73. The van der Waals surface area contributed by atoms with Crippen LogP contribution in [0.15, 0.2) is 5.18 Å². The van der Waals surface area contributed by atoms with E-state index in [4.69, 9.17) is 0 Å². The summed E-state index contributed by atoms with van der Waals surface area (Å²) in [5.74, 6) is 0. The third-order valence-corrected chi connectivity index (χ3v) is 0.455. The van der Waals surface area contributed by atoms with Gasteiger partial charge in [-0.05, 0) is 4.91 Å². The highest BCUT2D eigenvalue weighted by molar-refractivity contribution is 5.46. The van der Waals surface area contributed by atoms with Crippen LogP contribution in [-0.4, -0.2) is 12.9 Å². The van der Waals surface area contributed by atoms with E-state index in [1.807, 2.05) is 6.92 Å². The number of nitrogens with one attached hydrogen (secondary N) is 3. The van der Waals surface area contributed by atoms with E-state index in [-0.39, 0.29) is 0 Å². The summed E-state index contributed by atoms with van der Waals surface area (Å²) in [6.45, 7) is 2.70. The standard InChI is InChI=1S/C3H8N4O/c1-2-4-7-5-3-6-8/h3-4,7H,2H2,1H3/p+1. The van der Waals surface area contributed by atoms with E-state index in [1.54, 1.807) is 0 Å². The van der Waals surface area contributed by atoms with Crippen molar-refractivity contribution in [2.75, 3.05) is 6.54 Å². The molecule has 0 atom stereocenters. The van der Waals surface area contributed by atoms with Gasteiger partial charge in [-0.25, -0.2) is 5.43 Å². The van der Waals surface area contributed by atoms with Crippen LogP contribution in [0.25, 0.3) is 0 Å². The molecule has 0 aliphatic carbocycles. The number of hydrogen-bond acceptors (Lipinski definition) is 3. The highest BCUT2D eigenvalue weighted by atomic mass is 16.3.